The highest BCUT2D eigenvalue weighted by molar-refractivity contribution is 7.90. The Morgan fingerprint density at radius 3 is 1.87 bits per heavy atom. The molecule has 204 valence electrons. The maximum Gasteiger partial charge on any atom is 0.136 e. The van der Waals surface area contributed by atoms with Crippen LogP contribution in [0.1, 0.15) is 83.7 Å². The zero-order valence-corrected chi connectivity index (χ0v) is 26.3. The lowest BCUT2D eigenvalue weighted by atomic mass is 9.73. The van der Waals surface area contributed by atoms with Crippen LogP contribution < -0.4 is 4.72 Å². The molecular formula is C35H42NOPS. The van der Waals surface area contributed by atoms with Gasteiger partial charge >= 0.3 is 0 Å². The van der Waals surface area contributed by atoms with E-state index in [1.165, 1.54) is 44.0 Å². The van der Waals surface area contributed by atoms with E-state index >= 15 is 0 Å². The SMILES string of the molecule is CC1=C(c2ccccc2)[P@]2C[C@@]1(C)C(c1ccccc1)=C2[C@H](N[S@@+]([O-])C(C)(C)C)c1ccc(C(C)(C)C)cc1. The minimum absolute atomic E-state index is 0.0535. The minimum Gasteiger partial charge on any atom is -0.598 e. The molecule has 4 atom stereocenters. The topological polar surface area (TPSA) is 35.1 Å². The Bertz CT molecular complexity index is 1400. The number of allylic oxidation sites excluding steroid dienone is 2. The molecule has 2 bridgehead atoms. The molecule has 5 rings (SSSR count). The van der Waals surface area contributed by atoms with Crippen molar-refractivity contribution in [1.82, 2.24) is 4.72 Å². The average molecular weight is 556 g/mol. The maximum atomic E-state index is 13.7. The largest absolute Gasteiger partial charge is 0.598 e. The van der Waals surface area contributed by atoms with Crippen LogP contribution in [0.4, 0.5) is 0 Å². The average Bonchev–Trinajstić information content (AvgIpc) is 3.34. The summed E-state index contributed by atoms with van der Waals surface area (Å²) in [4.78, 5) is 0. The number of fused-ring (bicyclic) bond motifs is 2. The Kier molecular flexibility index (Phi) is 7.53. The Hall–Kier alpha value is -2.16. The summed E-state index contributed by atoms with van der Waals surface area (Å²) >= 11 is -1.23. The number of hydrogen-bond acceptors (Lipinski definition) is 2. The Labute approximate surface area is 240 Å². The summed E-state index contributed by atoms with van der Waals surface area (Å²) in [6.45, 7) is 17.7. The molecule has 2 nitrogen and oxygen atoms in total. The molecule has 0 radical (unpaired) electrons. The lowest BCUT2D eigenvalue weighted by molar-refractivity contribution is 0.536. The predicted molar refractivity (Wildman–Crippen MR) is 171 cm³/mol. The fourth-order valence-electron chi connectivity index (χ4n) is 5.95. The molecule has 3 aromatic rings. The van der Waals surface area contributed by atoms with Crippen LogP contribution >= 0.6 is 7.92 Å². The van der Waals surface area contributed by atoms with Gasteiger partial charge < -0.3 is 4.55 Å². The molecule has 0 spiro atoms. The second-order valence-electron chi connectivity index (χ2n) is 13.2. The van der Waals surface area contributed by atoms with Crippen molar-refractivity contribution in [3.05, 3.63) is 118 Å². The second kappa shape index (κ2) is 10.3. The van der Waals surface area contributed by atoms with E-state index in [1.54, 1.807) is 0 Å². The Balaban J connectivity index is 1.73. The standard InChI is InChI=1S/C35H42NOPS/c1-24-31(27-17-13-10-14-18-27)38-23-35(24,8)29(25-15-11-9-12-16-25)32(38)30(36-39(37)34(5,6)7)26-19-21-28(22-20-26)33(2,3)4/h9-22,30,36H,23H2,1-8H3/t30-,35-,38+,39+/m1/s1. The molecule has 39 heavy (non-hydrogen) atoms. The van der Waals surface area contributed by atoms with Gasteiger partial charge in [0, 0.05) is 16.8 Å². The van der Waals surface area contributed by atoms with Crippen LogP contribution in [-0.2, 0) is 16.8 Å². The molecule has 0 aliphatic carbocycles. The molecule has 0 aromatic heterocycles. The summed E-state index contributed by atoms with van der Waals surface area (Å²) in [5.74, 6) is 0. The molecule has 2 heterocycles. The van der Waals surface area contributed by atoms with E-state index in [2.05, 4.69) is 145 Å². The van der Waals surface area contributed by atoms with E-state index in [-0.39, 0.29) is 21.6 Å². The van der Waals surface area contributed by atoms with Gasteiger partial charge in [-0.25, -0.2) is 0 Å². The van der Waals surface area contributed by atoms with Crippen LogP contribution in [0, 0.1) is 5.41 Å². The number of rotatable bonds is 6. The zero-order chi connectivity index (χ0) is 28.2. The first-order valence-corrected chi connectivity index (χ1v) is 16.6. The van der Waals surface area contributed by atoms with Crippen molar-refractivity contribution in [3.63, 3.8) is 0 Å². The van der Waals surface area contributed by atoms with Gasteiger partial charge in [0.1, 0.15) is 10.8 Å². The highest BCUT2D eigenvalue weighted by Crippen LogP contribution is 2.79. The van der Waals surface area contributed by atoms with Crippen LogP contribution in [0.2, 0.25) is 0 Å². The van der Waals surface area contributed by atoms with Crippen LogP contribution in [-0.4, -0.2) is 15.5 Å². The summed E-state index contributed by atoms with van der Waals surface area (Å²) in [6.07, 6.45) is 1.11. The van der Waals surface area contributed by atoms with E-state index in [0.717, 1.165) is 6.16 Å². The van der Waals surface area contributed by atoms with E-state index in [0.29, 0.717) is 0 Å². The number of nitrogens with one attached hydrogen (secondary N) is 1. The van der Waals surface area contributed by atoms with Gasteiger partial charge in [0.2, 0.25) is 0 Å². The van der Waals surface area contributed by atoms with E-state index in [1.807, 2.05) is 0 Å². The highest BCUT2D eigenvalue weighted by atomic mass is 32.2. The van der Waals surface area contributed by atoms with Crippen LogP contribution in [0.15, 0.2) is 95.8 Å². The van der Waals surface area contributed by atoms with Gasteiger partial charge in [0.15, 0.2) is 0 Å². The summed E-state index contributed by atoms with van der Waals surface area (Å²) in [7, 11) is -0.620. The van der Waals surface area contributed by atoms with Crippen LogP contribution in [0.3, 0.4) is 0 Å². The lowest BCUT2D eigenvalue weighted by Gasteiger charge is -2.36. The molecule has 4 heteroatoms. The number of benzene rings is 3. The summed E-state index contributed by atoms with van der Waals surface area (Å²) in [5.41, 5.74) is 8.05. The summed E-state index contributed by atoms with van der Waals surface area (Å²) < 4.78 is 17.0. The van der Waals surface area contributed by atoms with Crippen molar-refractivity contribution in [2.45, 2.75) is 71.6 Å². The molecule has 2 aliphatic heterocycles. The zero-order valence-electron chi connectivity index (χ0n) is 24.6. The highest BCUT2D eigenvalue weighted by Gasteiger charge is 2.54. The van der Waals surface area contributed by atoms with Crippen molar-refractivity contribution in [3.8, 4) is 0 Å². The smallest absolute Gasteiger partial charge is 0.136 e. The lowest BCUT2D eigenvalue weighted by Crippen LogP contribution is -2.41. The first kappa shape index (κ1) is 28.4. The molecule has 2 aliphatic rings. The molecule has 0 saturated heterocycles. The van der Waals surface area contributed by atoms with Gasteiger partial charge in [-0.05, 0) is 85.6 Å². The maximum absolute atomic E-state index is 13.7. The van der Waals surface area contributed by atoms with Crippen molar-refractivity contribution in [1.29, 1.82) is 0 Å². The molecule has 0 unspecified atom stereocenters. The minimum atomic E-state index is -1.23. The quantitative estimate of drug-likeness (QED) is 0.243. The third kappa shape index (κ3) is 5.20. The molecule has 0 amide bonds. The van der Waals surface area contributed by atoms with E-state index < -0.39 is 19.3 Å². The summed E-state index contributed by atoms with van der Waals surface area (Å²) in [6, 6.07) is 30.7. The monoisotopic (exact) mass is 555 g/mol. The van der Waals surface area contributed by atoms with Crippen molar-refractivity contribution in [2.24, 2.45) is 5.41 Å². The van der Waals surface area contributed by atoms with E-state index in [9.17, 15) is 4.55 Å². The van der Waals surface area contributed by atoms with Crippen molar-refractivity contribution < 1.29 is 4.55 Å². The Morgan fingerprint density at radius 1 is 0.821 bits per heavy atom. The van der Waals surface area contributed by atoms with Gasteiger partial charge in [-0.2, -0.15) is 0 Å². The normalized spacial score (nSPS) is 22.9. The third-order valence-electron chi connectivity index (χ3n) is 8.30. The third-order valence-corrected chi connectivity index (χ3v) is 13.0. The van der Waals surface area contributed by atoms with Crippen molar-refractivity contribution in [2.75, 3.05) is 6.16 Å². The van der Waals surface area contributed by atoms with Gasteiger partial charge in [0.05, 0.1) is 0 Å². The Morgan fingerprint density at radius 2 is 1.36 bits per heavy atom. The predicted octanol–water partition coefficient (Wildman–Crippen LogP) is 9.43. The fourth-order valence-corrected chi connectivity index (χ4v) is 10.7. The first-order chi connectivity index (χ1) is 18.3. The first-order valence-electron chi connectivity index (χ1n) is 14.0. The van der Waals surface area contributed by atoms with E-state index in [4.69, 9.17) is 0 Å². The van der Waals surface area contributed by atoms with Crippen LogP contribution in [0.5, 0.6) is 0 Å². The molecule has 3 aromatic carbocycles. The van der Waals surface area contributed by atoms with Gasteiger partial charge in [-0.15, -0.1) is 4.72 Å². The van der Waals surface area contributed by atoms with Gasteiger partial charge in [-0.3, -0.25) is 0 Å². The molecule has 1 N–H and O–H groups in total. The summed E-state index contributed by atoms with van der Waals surface area (Å²) in [5, 5.41) is 2.94. The van der Waals surface area contributed by atoms with Gasteiger partial charge in [-0.1, -0.05) is 118 Å². The van der Waals surface area contributed by atoms with Gasteiger partial charge in [0.25, 0.3) is 0 Å². The number of hydrogen-bond donors (Lipinski definition) is 1. The second-order valence-corrected chi connectivity index (χ2v) is 17.3. The van der Waals surface area contributed by atoms with Crippen molar-refractivity contribution >= 4 is 30.2 Å². The fraction of sp³-hybridized carbons (Fsp3) is 0.371. The van der Waals surface area contributed by atoms with Crippen LogP contribution in [0.25, 0.3) is 10.9 Å². The molecule has 0 fully saturated rings. The molecular weight excluding hydrogens is 513 g/mol. The molecule has 0 saturated carbocycles.